The number of hydrogen-bond donors (Lipinski definition) is 2. The van der Waals surface area contributed by atoms with Crippen LogP contribution in [0.15, 0.2) is 34.2 Å². The first kappa shape index (κ1) is 17.0. The number of nitrogens with zero attached hydrogens (tertiary/aromatic N) is 2. The predicted molar refractivity (Wildman–Crippen MR) is 98.8 cm³/mol. The second-order valence-electron chi connectivity index (χ2n) is 6.80. The molecule has 3 heterocycles. The average molecular weight is 372 g/mol. The zero-order valence-electron chi connectivity index (χ0n) is 14.7. The normalized spacial score (nSPS) is 15.3. The quantitative estimate of drug-likeness (QED) is 0.679. The molecule has 1 aliphatic heterocycles. The predicted octanol–water partition coefficient (Wildman–Crippen LogP) is 1.52. The molecule has 1 aromatic carbocycles. The lowest BCUT2D eigenvalue weighted by molar-refractivity contribution is 0.239. The number of rotatable bonds is 3. The van der Waals surface area contributed by atoms with Crippen molar-refractivity contribution >= 4 is 20.7 Å². The zero-order chi connectivity index (χ0) is 18.5. The Morgan fingerprint density at radius 3 is 2.77 bits per heavy atom. The molecule has 0 saturated carbocycles. The van der Waals surface area contributed by atoms with Crippen LogP contribution in [0.2, 0.25) is 0 Å². The van der Waals surface area contributed by atoms with Crippen molar-refractivity contribution in [1.82, 2.24) is 19.9 Å². The molecule has 7 nitrogen and oxygen atoms in total. The molecule has 0 saturated heterocycles. The molecule has 0 unspecified atom stereocenters. The van der Waals surface area contributed by atoms with Gasteiger partial charge in [0, 0.05) is 48.1 Å². The fourth-order valence-electron chi connectivity index (χ4n) is 3.54. The third kappa shape index (κ3) is 2.95. The van der Waals surface area contributed by atoms with E-state index in [4.69, 9.17) is 0 Å². The van der Waals surface area contributed by atoms with Gasteiger partial charge in [0.05, 0.1) is 5.69 Å². The molecule has 0 bridgehead atoms. The SMILES string of the molecule is Cc1[nH]c2ccccc2c1CN1CCc2c(nc(S(C)(=O)=O)[nH]c2=O)C1. The molecule has 0 atom stereocenters. The van der Waals surface area contributed by atoms with Gasteiger partial charge in [-0.25, -0.2) is 13.4 Å². The molecular weight excluding hydrogens is 352 g/mol. The van der Waals surface area contributed by atoms with Gasteiger partial charge in [0.25, 0.3) is 5.56 Å². The van der Waals surface area contributed by atoms with Gasteiger partial charge in [0.15, 0.2) is 0 Å². The number of nitrogens with one attached hydrogen (secondary N) is 2. The minimum Gasteiger partial charge on any atom is -0.358 e. The Morgan fingerprint density at radius 2 is 2.00 bits per heavy atom. The second kappa shape index (κ2) is 6.07. The van der Waals surface area contributed by atoms with Crippen molar-refractivity contribution in [3.8, 4) is 0 Å². The lowest BCUT2D eigenvalue weighted by atomic mass is 10.0. The van der Waals surface area contributed by atoms with E-state index in [2.05, 4.69) is 38.9 Å². The first-order valence-electron chi connectivity index (χ1n) is 8.43. The molecule has 0 radical (unpaired) electrons. The fourth-order valence-corrected chi connectivity index (χ4v) is 4.10. The fraction of sp³-hybridized carbons (Fsp3) is 0.333. The summed E-state index contributed by atoms with van der Waals surface area (Å²) in [6.45, 7) is 3.96. The maximum absolute atomic E-state index is 12.2. The lowest BCUT2D eigenvalue weighted by Gasteiger charge is -2.27. The number of aromatic nitrogens is 3. The van der Waals surface area contributed by atoms with Gasteiger partial charge in [-0.3, -0.25) is 14.7 Å². The van der Waals surface area contributed by atoms with Crippen LogP contribution < -0.4 is 5.56 Å². The van der Waals surface area contributed by atoms with E-state index in [0.717, 1.165) is 30.6 Å². The minimum absolute atomic E-state index is 0.258. The van der Waals surface area contributed by atoms with E-state index in [-0.39, 0.29) is 10.7 Å². The molecule has 3 aromatic rings. The molecular formula is C18H20N4O3S. The first-order valence-corrected chi connectivity index (χ1v) is 10.3. The zero-order valence-corrected chi connectivity index (χ0v) is 15.5. The Labute approximate surface area is 151 Å². The van der Waals surface area contributed by atoms with Gasteiger partial charge in [-0.05, 0) is 25.0 Å². The number of H-pyrrole nitrogens is 2. The standard InChI is InChI=1S/C18H20N4O3S/c1-11-14(12-5-3-4-6-15(12)19-11)9-22-8-7-13-16(10-22)20-18(21-17(13)23)26(2,24)25/h3-6,19H,7-10H2,1-2H3,(H,20,21,23). The summed E-state index contributed by atoms with van der Waals surface area (Å²) < 4.78 is 23.5. The highest BCUT2D eigenvalue weighted by atomic mass is 32.2. The van der Waals surface area contributed by atoms with Gasteiger partial charge < -0.3 is 4.98 Å². The van der Waals surface area contributed by atoms with Crippen molar-refractivity contribution in [2.24, 2.45) is 0 Å². The molecule has 4 rings (SSSR count). The molecule has 0 spiro atoms. The summed E-state index contributed by atoms with van der Waals surface area (Å²) in [7, 11) is -3.55. The van der Waals surface area contributed by atoms with Crippen LogP contribution in [0.4, 0.5) is 0 Å². The Balaban J connectivity index is 1.67. The third-order valence-corrected chi connectivity index (χ3v) is 5.79. The summed E-state index contributed by atoms with van der Waals surface area (Å²) in [6, 6.07) is 8.17. The van der Waals surface area contributed by atoms with Crippen molar-refractivity contribution in [3.05, 3.63) is 57.1 Å². The summed E-state index contributed by atoms with van der Waals surface area (Å²) in [4.78, 5) is 24.4. The number of hydrogen-bond acceptors (Lipinski definition) is 5. The monoisotopic (exact) mass is 372 g/mol. The van der Waals surface area contributed by atoms with Crippen LogP contribution in [0.5, 0.6) is 0 Å². The van der Waals surface area contributed by atoms with Gasteiger partial charge >= 0.3 is 0 Å². The molecule has 26 heavy (non-hydrogen) atoms. The summed E-state index contributed by atoms with van der Waals surface area (Å²) in [5.74, 6) is 0. The summed E-state index contributed by atoms with van der Waals surface area (Å²) in [5, 5.41) is 0.929. The maximum Gasteiger partial charge on any atom is 0.255 e. The van der Waals surface area contributed by atoms with Crippen LogP contribution in [0, 0.1) is 6.92 Å². The Bertz CT molecular complexity index is 1160. The van der Waals surface area contributed by atoms with Gasteiger partial charge in [-0.2, -0.15) is 0 Å². The van der Waals surface area contributed by atoms with E-state index in [1.807, 2.05) is 12.1 Å². The van der Waals surface area contributed by atoms with Crippen LogP contribution in [0.25, 0.3) is 10.9 Å². The Morgan fingerprint density at radius 1 is 1.23 bits per heavy atom. The molecule has 2 aromatic heterocycles. The van der Waals surface area contributed by atoms with Crippen LogP contribution in [0.1, 0.15) is 22.5 Å². The summed E-state index contributed by atoms with van der Waals surface area (Å²) >= 11 is 0. The average Bonchev–Trinajstić information content (AvgIpc) is 2.89. The molecule has 8 heteroatoms. The smallest absolute Gasteiger partial charge is 0.255 e. The highest BCUT2D eigenvalue weighted by Gasteiger charge is 2.24. The van der Waals surface area contributed by atoms with E-state index in [1.54, 1.807) is 0 Å². The van der Waals surface area contributed by atoms with Crippen LogP contribution in [-0.2, 0) is 29.3 Å². The third-order valence-electron chi connectivity index (χ3n) is 4.89. The van der Waals surface area contributed by atoms with E-state index in [0.29, 0.717) is 24.2 Å². The van der Waals surface area contributed by atoms with Crippen molar-refractivity contribution in [1.29, 1.82) is 0 Å². The molecule has 0 fully saturated rings. The first-order chi connectivity index (χ1) is 12.3. The highest BCUT2D eigenvalue weighted by Crippen LogP contribution is 2.25. The molecule has 1 aliphatic rings. The van der Waals surface area contributed by atoms with Crippen molar-refractivity contribution in [2.75, 3.05) is 12.8 Å². The van der Waals surface area contributed by atoms with Gasteiger partial charge in [0.2, 0.25) is 15.0 Å². The molecule has 136 valence electrons. The number of benzene rings is 1. The number of fused-ring (bicyclic) bond motifs is 2. The van der Waals surface area contributed by atoms with Crippen LogP contribution >= 0.6 is 0 Å². The van der Waals surface area contributed by atoms with Crippen molar-refractivity contribution in [2.45, 2.75) is 31.6 Å². The number of aromatic amines is 2. The van der Waals surface area contributed by atoms with Crippen molar-refractivity contribution in [3.63, 3.8) is 0 Å². The topological polar surface area (TPSA) is 98.9 Å². The minimum atomic E-state index is -3.55. The van der Waals surface area contributed by atoms with Gasteiger partial charge in [-0.15, -0.1) is 0 Å². The highest BCUT2D eigenvalue weighted by molar-refractivity contribution is 7.90. The van der Waals surface area contributed by atoms with Gasteiger partial charge in [0.1, 0.15) is 0 Å². The van der Waals surface area contributed by atoms with Gasteiger partial charge in [-0.1, -0.05) is 18.2 Å². The Kier molecular flexibility index (Phi) is 3.96. The van der Waals surface area contributed by atoms with Crippen molar-refractivity contribution < 1.29 is 8.42 Å². The number of para-hydroxylation sites is 1. The largest absolute Gasteiger partial charge is 0.358 e. The van der Waals surface area contributed by atoms with Crippen LogP contribution in [0.3, 0.4) is 0 Å². The lowest BCUT2D eigenvalue weighted by Crippen LogP contribution is -2.35. The number of aryl methyl sites for hydroxylation is 1. The molecule has 2 N–H and O–H groups in total. The van der Waals surface area contributed by atoms with E-state index in [9.17, 15) is 13.2 Å². The second-order valence-corrected chi connectivity index (χ2v) is 8.73. The van der Waals surface area contributed by atoms with Crippen LogP contribution in [-0.4, -0.2) is 41.1 Å². The Hall–Kier alpha value is -2.45. The molecule has 0 amide bonds. The molecule has 0 aliphatic carbocycles. The maximum atomic E-state index is 12.2. The summed E-state index contributed by atoms with van der Waals surface area (Å²) in [6.07, 6.45) is 1.61. The number of sulfone groups is 1. The summed E-state index contributed by atoms with van der Waals surface area (Å²) in [5.41, 5.74) is 4.23. The van der Waals surface area contributed by atoms with E-state index < -0.39 is 9.84 Å². The van der Waals surface area contributed by atoms with E-state index in [1.165, 1.54) is 10.9 Å². The van der Waals surface area contributed by atoms with E-state index >= 15 is 0 Å².